The van der Waals surface area contributed by atoms with Gasteiger partial charge < -0.3 is 44.5 Å². The van der Waals surface area contributed by atoms with Crippen molar-refractivity contribution in [1.82, 2.24) is 20.4 Å². The number of fused-ring (bicyclic) bond motifs is 4. The Hall–Kier alpha value is -5.25. The average Bonchev–Trinajstić information content (AvgIpc) is 1.62. The second kappa shape index (κ2) is 32.3. The largest absolute Gasteiger partial charge is 0.466 e. The molecule has 0 bridgehead atoms. The van der Waals surface area contributed by atoms with Gasteiger partial charge in [-0.05, 0) is 167 Å². The van der Waals surface area contributed by atoms with Crippen LogP contribution in [0.15, 0.2) is 91.6 Å². The van der Waals surface area contributed by atoms with Gasteiger partial charge in [0.05, 0.1) is 58.1 Å². The van der Waals surface area contributed by atoms with E-state index >= 15 is 0 Å². The third kappa shape index (κ3) is 21.6. The molecule has 6 aliphatic rings. The number of alkyl carbamates (subject to hydrolysis) is 2. The summed E-state index contributed by atoms with van der Waals surface area (Å²) in [6.45, 7) is 14.0. The molecule has 2 aromatic rings. The zero-order chi connectivity index (χ0) is 67.3. The van der Waals surface area contributed by atoms with Crippen LogP contribution in [0.2, 0.25) is 0 Å². The van der Waals surface area contributed by atoms with Crippen LogP contribution in [0.5, 0.6) is 0 Å². The van der Waals surface area contributed by atoms with E-state index in [4.69, 9.17) is 33.8 Å². The highest BCUT2D eigenvalue weighted by Crippen LogP contribution is 2.59. The summed E-state index contributed by atoms with van der Waals surface area (Å²) in [6, 6.07) is 8.28. The Morgan fingerprint density at radius 2 is 1.02 bits per heavy atom. The van der Waals surface area contributed by atoms with Crippen LogP contribution < -0.4 is 10.6 Å². The van der Waals surface area contributed by atoms with E-state index in [0.29, 0.717) is 43.0 Å². The summed E-state index contributed by atoms with van der Waals surface area (Å²) in [5.41, 5.74) is -3.45. The quantitative estimate of drug-likeness (QED) is 0.0655. The van der Waals surface area contributed by atoms with E-state index in [-0.39, 0.29) is 91.1 Å². The second-order valence-electron chi connectivity index (χ2n) is 25.8. The molecule has 2 saturated heterocycles. The lowest BCUT2D eigenvalue weighted by Gasteiger charge is -2.30. The smallest absolute Gasteiger partial charge is 0.408 e. The van der Waals surface area contributed by atoms with E-state index in [0.717, 1.165) is 43.0 Å². The molecule has 4 aliphatic heterocycles. The summed E-state index contributed by atoms with van der Waals surface area (Å²) in [4.78, 5) is 109. The van der Waals surface area contributed by atoms with E-state index in [2.05, 4.69) is 48.6 Å². The zero-order valence-electron chi connectivity index (χ0n) is 52.9. The standard InChI is InChI=1S/C32H43BrN2O9S.C26H40N2O7.C6H4BrClO2S/c1-5-42-29(38)32-18-21(32)11-9-7-6-8-10-12-25(34-30(39)43-31(2,3)4)28(37)35-20-23(17-26(35)27(36)19-32)44-45(40,41)24-15-13-22(33)14-16-24;1-5-34-23(32)26-14-17(26)11-9-7-6-8-10-12-19(27-24(33)35-25(2,3)4)22(31)28-16-18(29)13-20(28)21(30)15-26;7-5-1-3-6(4-2-5)11(8,9)10/h9,11,13-16,21,23,25-26H,5-8,10,12,17-20H2,1-4H3,(H,34,39);9,11,17-20,29H,5-8,10,12-16H2,1-4H3,(H,27,33);1-4H/b2*11-9-;/t21-,23+,25+,26+,32-;17-,18+,19+,20+,26-;/m11./s1. The van der Waals surface area contributed by atoms with Gasteiger partial charge in [-0.3, -0.25) is 33.0 Å². The van der Waals surface area contributed by atoms with Crippen molar-refractivity contribution in [1.29, 1.82) is 0 Å². The molecule has 4 amide bonds. The number of carbonyl (C=O) groups excluding carboxylic acids is 8. The van der Waals surface area contributed by atoms with Crippen LogP contribution in [-0.4, -0.2) is 153 Å². The molecule has 4 fully saturated rings. The minimum absolute atomic E-state index is 0.0114. The molecule has 0 radical (unpaired) electrons. The molecule has 10 atom stereocenters. The molecule has 2 saturated carbocycles. The SMILES string of the molecule is CCOC(=O)[C@]12CC(=O)[C@@H]3C[C@H](O)CN3C(=O)[C@@H](NC(=O)OC(C)(C)C)CCCCC/C=C\[C@@H]1C2.CCOC(=O)[C@]12CC(=O)[C@@H]3C[C@H](OS(=O)(=O)c4ccc(Br)cc4)CN3C(=O)[C@@H](NC(=O)OC(C)(C)C)CCCCC/C=C\[C@@H]1C2.O=S(=O)(Cl)c1ccc(Br)cc1. The van der Waals surface area contributed by atoms with Gasteiger partial charge in [0, 0.05) is 58.4 Å². The molecule has 0 aromatic heterocycles. The van der Waals surface area contributed by atoms with Crippen molar-refractivity contribution in [3.63, 3.8) is 0 Å². The Kier molecular flexibility index (Phi) is 26.5. The van der Waals surface area contributed by atoms with Crippen molar-refractivity contribution < 1.29 is 83.4 Å². The van der Waals surface area contributed by atoms with Crippen molar-refractivity contribution in [3.05, 3.63) is 81.8 Å². The van der Waals surface area contributed by atoms with Crippen molar-refractivity contribution in [3.8, 4) is 0 Å². The lowest BCUT2D eigenvalue weighted by molar-refractivity contribution is -0.153. The number of benzene rings is 2. The number of Topliss-reactive ketones (excluding diaryl/α,β-unsaturated/α-hetero) is 2. The molecule has 0 spiro atoms. The number of aliphatic hydroxyl groups is 1. The maximum atomic E-state index is 14.1. The maximum Gasteiger partial charge on any atom is 0.408 e. The number of hydrogen-bond donors (Lipinski definition) is 3. The summed E-state index contributed by atoms with van der Waals surface area (Å²) >= 11 is 6.46. The molecule has 8 rings (SSSR count). The fourth-order valence-electron chi connectivity index (χ4n) is 11.7. The first-order valence-electron chi connectivity index (χ1n) is 31.0. The number of ketones is 2. The predicted octanol–water partition coefficient (Wildman–Crippen LogP) is 10.3. The fraction of sp³-hybridized carbons (Fsp3) is 0.625. The first kappa shape index (κ1) is 74.8. The number of nitrogens with zero attached hydrogens (tertiary/aromatic N) is 2. The summed E-state index contributed by atoms with van der Waals surface area (Å²) in [5.74, 6) is -2.64. The molecule has 2 aromatic carbocycles. The molecule has 504 valence electrons. The first-order chi connectivity index (χ1) is 42.6. The second-order valence-corrected chi connectivity index (χ2v) is 31.8. The van der Waals surface area contributed by atoms with Gasteiger partial charge in [-0.1, -0.05) is 81.8 Å². The molecular formula is C64H87Br2ClN4O18S2. The lowest BCUT2D eigenvalue weighted by atomic mass is 9.91. The van der Waals surface area contributed by atoms with E-state index in [1.54, 1.807) is 79.7 Å². The van der Waals surface area contributed by atoms with E-state index in [9.17, 15) is 60.3 Å². The van der Waals surface area contributed by atoms with Gasteiger partial charge in [-0.15, -0.1) is 0 Å². The van der Waals surface area contributed by atoms with Gasteiger partial charge in [-0.2, -0.15) is 8.42 Å². The third-order valence-electron chi connectivity index (χ3n) is 16.4. The number of ether oxygens (including phenoxy) is 4. The van der Waals surface area contributed by atoms with Crippen LogP contribution in [0.3, 0.4) is 0 Å². The number of nitrogens with one attached hydrogen (secondary N) is 2. The number of allylic oxidation sites excluding steroid dienone is 4. The Balaban J connectivity index is 0.000000253. The zero-order valence-corrected chi connectivity index (χ0v) is 58.5. The van der Waals surface area contributed by atoms with E-state index in [1.807, 2.05) is 18.2 Å². The molecule has 4 heterocycles. The normalized spacial score (nSPS) is 28.2. The molecule has 22 nitrogen and oxygen atoms in total. The Morgan fingerprint density at radius 1 is 0.615 bits per heavy atom. The van der Waals surface area contributed by atoms with Crippen LogP contribution in [-0.2, 0) is 71.1 Å². The highest BCUT2D eigenvalue weighted by atomic mass is 79.9. The number of amides is 4. The predicted molar refractivity (Wildman–Crippen MR) is 344 cm³/mol. The number of carbonyl (C=O) groups is 8. The summed E-state index contributed by atoms with van der Waals surface area (Å²) in [5, 5.41) is 15.7. The Bertz CT molecular complexity index is 3230. The van der Waals surface area contributed by atoms with Crippen molar-refractivity contribution in [2.24, 2.45) is 22.7 Å². The fourth-order valence-corrected chi connectivity index (χ4v) is 14.1. The van der Waals surface area contributed by atoms with Gasteiger partial charge >= 0.3 is 24.1 Å². The molecular weight excluding hydrogens is 1370 g/mol. The van der Waals surface area contributed by atoms with Crippen LogP contribution >= 0.6 is 42.5 Å². The number of halogens is 3. The average molecular weight is 1460 g/mol. The van der Waals surface area contributed by atoms with Crippen molar-refractivity contribution >= 4 is 109 Å². The van der Waals surface area contributed by atoms with Gasteiger partial charge in [0.15, 0.2) is 11.6 Å². The van der Waals surface area contributed by atoms with E-state index < -0.39 is 108 Å². The number of aliphatic hydroxyl groups excluding tert-OH is 1. The Labute approximate surface area is 555 Å². The number of rotatable bonds is 10. The maximum absolute atomic E-state index is 14.1. The van der Waals surface area contributed by atoms with E-state index in [1.165, 1.54) is 34.1 Å². The monoisotopic (exact) mass is 1460 g/mol. The highest BCUT2D eigenvalue weighted by Gasteiger charge is 2.63. The lowest BCUT2D eigenvalue weighted by Crippen LogP contribution is -2.52. The number of esters is 2. The van der Waals surface area contributed by atoms with Gasteiger partial charge in [0.1, 0.15) is 23.3 Å². The molecule has 2 aliphatic carbocycles. The first-order valence-corrected chi connectivity index (χ1v) is 36.3. The topological polar surface area (TPSA) is 302 Å². The third-order valence-corrected chi connectivity index (χ3v) is 20.2. The molecule has 27 heteroatoms. The summed E-state index contributed by atoms with van der Waals surface area (Å²) in [6.07, 6.45) is 12.7. The molecule has 0 unspecified atom stereocenters. The van der Waals surface area contributed by atoms with Gasteiger partial charge in [0.2, 0.25) is 11.8 Å². The summed E-state index contributed by atoms with van der Waals surface area (Å²) < 4.78 is 76.2. The highest BCUT2D eigenvalue weighted by molar-refractivity contribution is 9.10. The van der Waals surface area contributed by atoms with Crippen LogP contribution in [0.1, 0.15) is 158 Å². The van der Waals surface area contributed by atoms with Crippen LogP contribution in [0, 0.1) is 22.7 Å². The minimum Gasteiger partial charge on any atom is -0.466 e. The number of hydrogen-bond acceptors (Lipinski definition) is 18. The van der Waals surface area contributed by atoms with Gasteiger partial charge in [-0.25, -0.2) is 18.0 Å². The summed E-state index contributed by atoms with van der Waals surface area (Å²) in [7, 11) is -2.73. The van der Waals surface area contributed by atoms with Crippen LogP contribution in [0.25, 0.3) is 0 Å². The van der Waals surface area contributed by atoms with Crippen molar-refractivity contribution in [2.45, 2.75) is 215 Å². The molecule has 3 N–H and O–H groups in total. The van der Waals surface area contributed by atoms with Crippen molar-refractivity contribution in [2.75, 3.05) is 26.3 Å². The molecule has 91 heavy (non-hydrogen) atoms. The van der Waals surface area contributed by atoms with Gasteiger partial charge in [0.25, 0.3) is 19.2 Å². The minimum atomic E-state index is -4.23. The van der Waals surface area contributed by atoms with Crippen LogP contribution in [0.4, 0.5) is 9.59 Å². The Morgan fingerprint density at radius 3 is 1.43 bits per heavy atom.